The molecule has 1 amide bonds. The van der Waals surface area contributed by atoms with Crippen LogP contribution in [0.25, 0.3) is 11.5 Å². The van der Waals surface area contributed by atoms with Gasteiger partial charge in [-0.25, -0.2) is 0 Å². The van der Waals surface area contributed by atoms with E-state index in [2.05, 4.69) is 10.2 Å². The molecule has 3 heterocycles. The highest BCUT2D eigenvalue weighted by Gasteiger charge is 2.31. The van der Waals surface area contributed by atoms with E-state index in [0.29, 0.717) is 53.4 Å². The van der Waals surface area contributed by atoms with Crippen molar-refractivity contribution in [1.29, 1.82) is 0 Å². The average molecular weight is 437 g/mol. The molecule has 0 aliphatic carbocycles. The van der Waals surface area contributed by atoms with Crippen LogP contribution in [0.5, 0.6) is 23.0 Å². The second kappa shape index (κ2) is 8.41. The van der Waals surface area contributed by atoms with E-state index in [-0.39, 0.29) is 18.6 Å². The van der Waals surface area contributed by atoms with Crippen LogP contribution in [0.4, 0.5) is 0 Å². The number of methoxy groups -OCH3 is 2. The lowest BCUT2D eigenvalue weighted by molar-refractivity contribution is 0.0694. The summed E-state index contributed by atoms with van der Waals surface area (Å²) in [6.45, 7) is 1.35. The quantitative estimate of drug-likeness (QED) is 0.598. The van der Waals surface area contributed by atoms with E-state index in [1.165, 1.54) is 7.11 Å². The molecule has 0 spiro atoms. The van der Waals surface area contributed by atoms with Gasteiger partial charge in [0.05, 0.1) is 25.7 Å². The van der Waals surface area contributed by atoms with Gasteiger partial charge >= 0.3 is 0 Å². The normalized spacial score (nSPS) is 17.3. The summed E-state index contributed by atoms with van der Waals surface area (Å²) in [7, 11) is 3.08. The smallest absolute Gasteiger partial charge is 0.257 e. The third kappa shape index (κ3) is 3.59. The van der Waals surface area contributed by atoms with Gasteiger partial charge in [-0.3, -0.25) is 4.79 Å². The molecule has 0 bridgehead atoms. The number of hydrogen-bond acceptors (Lipinski definition) is 8. The Bertz CT molecular complexity index is 1140. The van der Waals surface area contributed by atoms with Crippen molar-refractivity contribution in [1.82, 2.24) is 15.1 Å². The fraction of sp³-hybridized carbons (Fsp3) is 0.348. The first-order chi connectivity index (χ1) is 15.7. The van der Waals surface area contributed by atoms with Crippen LogP contribution in [0.15, 0.2) is 40.8 Å². The molecule has 1 aromatic heterocycles. The monoisotopic (exact) mass is 437 g/mol. The Morgan fingerprint density at radius 1 is 1.09 bits per heavy atom. The molecule has 0 radical (unpaired) electrons. The van der Waals surface area contributed by atoms with E-state index in [0.717, 1.165) is 18.4 Å². The van der Waals surface area contributed by atoms with E-state index in [1.54, 1.807) is 30.2 Å². The molecule has 5 rings (SSSR count). The Kier molecular flexibility index (Phi) is 5.30. The van der Waals surface area contributed by atoms with Crippen molar-refractivity contribution in [2.24, 2.45) is 0 Å². The Balaban J connectivity index is 1.34. The largest absolute Gasteiger partial charge is 0.493 e. The summed E-state index contributed by atoms with van der Waals surface area (Å²) in [6, 6.07) is 10.8. The topological polar surface area (TPSA) is 96.2 Å². The summed E-state index contributed by atoms with van der Waals surface area (Å²) < 4.78 is 27.5. The van der Waals surface area contributed by atoms with E-state index in [4.69, 9.17) is 23.4 Å². The van der Waals surface area contributed by atoms with Gasteiger partial charge in [0, 0.05) is 18.7 Å². The maximum absolute atomic E-state index is 13.3. The van der Waals surface area contributed by atoms with Crippen LogP contribution in [0.3, 0.4) is 0 Å². The van der Waals surface area contributed by atoms with Gasteiger partial charge in [0.2, 0.25) is 18.6 Å². The summed E-state index contributed by atoms with van der Waals surface area (Å²) in [5, 5.41) is 8.48. The maximum atomic E-state index is 13.3. The molecule has 9 nitrogen and oxygen atoms in total. The Hall–Kier alpha value is -3.75. The second-order valence-corrected chi connectivity index (χ2v) is 7.64. The number of aromatic nitrogens is 2. The van der Waals surface area contributed by atoms with Crippen LogP contribution >= 0.6 is 0 Å². The minimum absolute atomic E-state index is 0.0421. The van der Waals surface area contributed by atoms with E-state index in [9.17, 15) is 4.79 Å². The van der Waals surface area contributed by atoms with Crippen LogP contribution in [0.2, 0.25) is 0 Å². The van der Waals surface area contributed by atoms with Crippen molar-refractivity contribution in [3.63, 3.8) is 0 Å². The molecule has 1 saturated heterocycles. The van der Waals surface area contributed by atoms with Gasteiger partial charge in [0.1, 0.15) is 0 Å². The number of ether oxygens (including phenoxy) is 4. The number of benzene rings is 2. The minimum Gasteiger partial charge on any atom is -0.493 e. The summed E-state index contributed by atoms with van der Waals surface area (Å²) in [4.78, 5) is 15.1. The highest BCUT2D eigenvalue weighted by atomic mass is 16.7. The molecule has 0 N–H and O–H groups in total. The molecule has 32 heavy (non-hydrogen) atoms. The van der Waals surface area contributed by atoms with Crippen LogP contribution in [-0.4, -0.2) is 55.1 Å². The first-order valence-corrected chi connectivity index (χ1v) is 10.4. The number of nitrogens with zero attached hydrogens (tertiary/aromatic N) is 3. The fourth-order valence-corrected chi connectivity index (χ4v) is 4.13. The molecule has 1 fully saturated rings. The molecular weight excluding hydrogens is 414 g/mol. The number of piperidine rings is 1. The lowest BCUT2D eigenvalue weighted by Gasteiger charge is -2.31. The molecule has 166 valence electrons. The third-order valence-electron chi connectivity index (χ3n) is 5.75. The van der Waals surface area contributed by atoms with Crippen LogP contribution < -0.4 is 18.9 Å². The van der Waals surface area contributed by atoms with Crippen molar-refractivity contribution in [2.45, 2.75) is 18.8 Å². The molecule has 1 unspecified atom stereocenters. The van der Waals surface area contributed by atoms with Gasteiger partial charge in [-0.05, 0) is 43.2 Å². The molecule has 2 aliphatic rings. The van der Waals surface area contributed by atoms with Crippen LogP contribution in [-0.2, 0) is 0 Å². The number of fused-ring (bicyclic) bond motifs is 1. The predicted molar refractivity (Wildman–Crippen MR) is 113 cm³/mol. The fourth-order valence-electron chi connectivity index (χ4n) is 4.13. The van der Waals surface area contributed by atoms with Crippen molar-refractivity contribution in [2.75, 3.05) is 34.1 Å². The Morgan fingerprint density at radius 2 is 1.97 bits per heavy atom. The molecule has 2 aliphatic heterocycles. The van der Waals surface area contributed by atoms with Crippen molar-refractivity contribution < 1.29 is 28.2 Å². The number of rotatable bonds is 5. The van der Waals surface area contributed by atoms with Gasteiger partial charge in [-0.1, -0.05) is 6.07 Å². The van der Waals surface area contributed by atoms with Gasteiger partial charge in [-0.2, -0.15) is 0 Å². The minimum atomic E-state index is -0.110. The summed E-state index contributed by atoms with van der Waals surface area (Å²) >= 11 is 0. The van der Waals surface area contributed by atoms with Crippen molar-refractivity contribution in [3.8, 4) is 34.5 Å². The molecular formula is C23H23N3O6. The number of para-hydroxylation sites is 1. The third-order valence-corrected chi connectivity index (χ3v) is 5.75. The number of likely N-dealkylation sites (tertiary alicyclic amines) is 1. The first kappa shape index (κ1) is 20.2. The Morgan fingerprint density at radius 3 is 2.81 bits per heavy atom. The first-order valence-electron chi connectivity index (χ1n) is 10.4. The lowest BCUT2D eigenvalue weighted by Crippen LogP contribution is -2.39. The molecule has 9 heteroatoms. The van der Waals surface area contributed by atoms with Crippen LogP contribution in [0.1, 0.15) is 35.0 Å². The summed E-state index contributed by atoms with van der Waals surface area (Å²) in [6.07, 6.45) is 1.70. The highest BCUT2D eigenvalue weighted by Crippen LogP contribution is 2.37. The molecule has 2 aromatic carbocycles. The van der Waals surface area contributed by atoms with Crippen molar-refractivity contribution >= 4 is 5.91 Å². The standard InChI is InChI=1S/C23H23N3O6/c1-28-18-7-3-6-16(20(18)29-2)23(27)26-10-4-5-15(12-26)22-25-24-21(32-22)14-8-9-17-19(11-14)31-13-30-17/h3,6-9,11,15H,4-5,10,12-13H2,1-2H3. The van der Waals surface area contributed by atoms with Gasteiger partial charge in [-0.15, -0.1) is 10.2 Å². The van der Waals surface area contributed by atoms with Gasteiger partial charge < -0.3 is 28.3 Å². The summed E-state index contributed by atoms with van der Waals surface area (Å²) in [5.41, 5.74) is 1.23. The second-order valence-electron chi connectivity index (χ2n) is 7.64. The predicted octanol–water partition coefficient (Wildman–Crippen LogP) is 3.50. The maximum Gasteiger partial charge on any atom is 0.257 e. The molecule has 1 atom stereocenters. The van der Waals surface area contributed by atoms with E-state index >= 15 is 0 Å². The van der Waals surface area contributed by atoms with Crippen molar-refractivity contribution in [3.05, 3.63) is 47.9 Å². The van der Waals surface area contributed by atoms with Crippen LogP contribution in [0, 0.1) is 0 Å². The zero-order valence-corrected chi connectivity index (χ0v) is 17.9. The Labute approximate surface area is 184 Å². The highest BCUT2D eigenvalue weighted by molar-refractivity contribution is 5.98. The SMILES string of the molecule is COc1cccc(C(=O)N2CCCC(c3nnc(-c4ccc5c(c4)OCO5)o3)C2)c1OC. The van der Waals surface area contributed by atoms with E-state index in [1.807, 2.05) is 18.2 Å². The summed E-state index contributed by atoms with van der Waals surface area (Å²) in [5.74, 6) is 3.10. The zero-order chi connectivity index (χ0) is 22.1. The van der Waals surface area contributed by atoms with E-state index < -0.39 is 0 Å². The number of carbonyl (C=O) groups is 1. The van der Waals surface area contributed by atoms with Gasteiger partial charge in [0.15, 0.2) is 23.0 Å². The van der Waals surface area contributed by atoms with Gasteiger partial charge in [0.25, 0.3) is 5.91 Å². The molecule has 0 saturated carbocycles. The number of carbonyl (C=O) groups excluding carboxylic acids is 1. The lowest BCUT2D eigenvalue weighted by atomic mass is 9.97. The molecule has 3 aromatic rings. The average Bonchev–Trinajstić information content (AvgIpc) is 3.52. The zero-order valence-electron chi connectivity index (χ0n) is 17.9. The number of amides is 1. The number of hydrogen-bond donors (Lipinski definition) is 0.